The summed E-state index contributed by atoms with van der Waals surface area (Å²) >= 11 is 0. The van der Waals surface area contributed by atoms with E-state index in [4.69, 9.17) is 0 Å². The summed E-state index contributed by atoms with van der Waals surface area (Å²) in [4.78, 5) is 14.2. The molecule has 1 aromatic rings. The zero-order chi connectivity index (χ0) is 12.5. The second-order valence-electron chi connectivity index (χ2n) is 5.32. The minimum atomic E-state index is -0.103. The molecule has 1 heterocycles. The van der Waals surface area contributed by atoms with Crippen molar-refractivity contribution in [3.05, 3.63) is 29.8 Å². The van der Waals surface area contributed by atoms with Gasteiger partial charge in [0.1, 0.15) is 0 Å². The largest absolute Gasteiger partial charge is 0.311 e. The number of aryl methyl sites for hydroxylation is 1. The maximum absolute atomic E-state index is 12.3. The molecule has 1 N–H and O–H groups in total. The molecule has 0 saturated carbocycles. The Kier molecular flexibility index (Phi) is 3.20. The van der Waals surface area contributed by atoms with Crippen LogP contribution in [0.2, 0.25) is 0 Å². The molecule has 3 heteroatoms. The average molecular weight is 232 g/mol. The number of amides is 1. The third-order valence-corrected chi connectivity index (χ3v) is 3.24. The van der Waals surface area contributed by atoms with Crippen molar-refractivity contribution in [1.29, 1.82) is 0 Å². The molecule has 1 amide bonds. The summed E-state index contributed by atoms with van der Waals surface area (Å²) in [6, 6.07) is 8.06. The maximum Gasteiger partial charge on any atom is 0.228 e. The van der Waals surface area contributed by atoms with Crippen LogP contribution in [0.5, 0.6) is 0 Å². The predicted octanol–water partition coefficient (Wildman–Crippen LogP) is 2.10. The Balaban J connectivity index is 2.28. The Bertz CT molecular complexity index is 426. The lowest BCUT2D eigenvalue weighted by molar-refractivity contribution is -0.119. The number of rotatable bonds is 1. The van der Waals surface area contributed by atoms with Gasteiger partial charge in [-0.2, -0.15) is 0 Å². The summed E-state index contributed by atoms with van der Waals surface area (Å²) in [5, 5.41) is 3.41. The number of carbonyl (C=O) groups is 1. The highest BCUT2D eigenvalue weighted by molar-refractivity contribution is 5.95. The number of para-hydroxylation sites is 1. The first-order valence-electron chi connectivity index (χ1n) is 6.11. The molecule has 1 aromatic carbocycles. The number of hydrogen-bond acceptors (Lipinski definition) is 2. The van der Waals surface area contributed by atoms with Crippen LogP contribution < -0.4 is 10.2 Å². The minimum absolute atomic E-state index is 0.103. The van der Waals surface area contributed by atoms with E-state index >= 15 is 0 Å². The Hall–Kier alpha value is -1.35. The molecule has 0 radical (unpaired) electrons. The van der Waals surface area contributed by atoms with Gasteiger partial charge in [-0.05, 0) is 32.4 Å². The van der Waals surface area contributed by atoms with Gasteiger partial charge in [0.05, 0.1) is 0 Å². The van der Waals surface area contributed by atoms with Crippen molar-refractivity contribution in [3.8, 4) is 0 Å². The summed E-state index contributed by atoms with van der Waals surface area (Å²) in [5.41, 5.74) is 2.09. The van der Waals surface area contributed by atoms with Crippen molar-refractivity contribution in [2.75, 3.05) is 18.0 Å². The number of nitrogens with zero attached hydrogens (tertiary/aromatic N) is 1. The first kappa shape index (κ1) is 12.1. The van der Waals surface area contributed by atoms with Gasteiger partial charge in [-0.25, -0.2) is 0 Å². The molecule has 1 fully saturated rings. The molecule has 17 heavy (non-hydrogen) atoms. The molecule has 2 rings (SSSR count). The summed E-state index contributed by atoms with van der Waals surface area (Å²) in [5.74, 6) is 0.203. The van der Waals surface area contributed by atoms with Crippen LogP contribution in [0, 0.1) is 6.92 Å². The van der Waals surface area contributed by atoms with Crippen LogP contribution in [0.25, 0.3) is 0 Å². The van der Waals surface area contributed by atoms with Crippen LogP contribution in [0.1, 0.15) is 25.8 Å². The summed E-state index contributed by atoms with van der Waals surface area (Å²) in [6.07, 6.45) is 0.543. The van der Waals surface area contributed by atoms with Crippen molar-refractivity contribution in [2.45, 2.75) is 32.7 Å². The van der Waals surface area contributed by atoms with Crippen LogP contribution in [0.15, 0.2) is 24.3 Å². The van der Waals surface area contributed by atoms with Gasteiger partial charge >= 0.3 is 0 Å². The fourth-order valence-corrected chi connectivity index (χ4v) is 2.29. The monoisotopic (exact) mass is 232 g/mol. The Morgan fingerprint density at radius 2 is 2.00 bits per heavy atom. The van der Waals surface area contributed by atoms with Crippen LogP contribution >= 0.6 is 0 Å². The number of carbonyl (C=O) groups excluding carboxylic acids is 1. The lowest BCUT2D eigenvalue weighted by atomic mass is 10.0. The van der Waals surface area contributed by atoms with Crippen LogP contribution in [-0.2, 0) is 4.79 Å². The smallest absolute Gasteiger partial charge is 0.228 e. The second-order valence-corrected chi connectivity index (χ2v) is 5.32. The second kappa shape index (κ2) is 4.49. The van der Waals surface area contributed by atoms with Crippen LogP contribution in [-0.4, -0.2) is 24.5 Å². The Labute approximate surface area is 103 Å². The van der Waals surface area contributed by atoms with Crippen molar-refractivity contribution < 1.29 is 4.79 Å². The summed E-state index contributed by atoms with van der Waals surface area (Å²) in [6.45, 7) is 7.78. The highest BCUT2D eigenvalue weighted by Crippen LogP contribution is 2.23. The summed E-state index contributed by atoms with van der Waals surface area (Å²) < 4.78 is 0. The van der Waals surface area contributed by atoms with E-state index in [0.717, 1.165) is 24.3 Å². The Morgan fingerprint density at radius 1 is 1.29 bits per heavy atom. The van der Waals surface area contributed by atoms with E-state index in [2.05, 4.69) is 19.2 Å². The topological polar surface area (TPSA) is 32.3 Å². The molecular weight excluding hydrogens is 212 g/mol. The maximum atomic E-state index is 12.3. The number of anilines is 1. The Morgan fingerprint density at radius 3 is 2.71 bits per heavy atom. The van der Waals surface area contributed by atoms with Gasteiger partial charge in [-0.1, -0.05) is 18.2 Å². The van der Waals surface area contributed by atoms with Crippen LogP contribution in [0.4, 0.5) is 5.69 Å². The molecule has 0 aromatic heterocycles. The average Bonchev–Trinajstić information content (AvgIpc) is 2.37. The standard InChI is InChI=1S/C14H20N2O/c1-11-6-4-5-7-12(11)16-9-8-15-14(2,3)10-13(16)17/h4-7,15H,8-10H2,1-3H3. The van der Waals surface area contributed by atoms with Crippen molar-refractivity contribution in [1.82, 2.24) is 5.32 Å². The first-order chi connectivity index (χ1) is 7.99. The molecule has 3 nitrogen and oxygen atoms in total. The van der Waals surface area contributed by atoms with E-state index in [9.17, 15) is 4.79 Å². The molecule has 0 atom stereocenters. The molecule has 1 saturated heterocycles. The summed E-state index contributed by atoms with van der Waals surface area (Å²) in [7, 11) is 0. The fourth-order valence-electron chi connectivity index (χ4n) is 2.29. The van der Waals surface area contributed by atoms with E-state index in [1.54, 1.807) is 0 Å². The van der Waals surface area contributed by atoms with E-state index in [1.165, 1.54) is 0 Å². The molecule has 0 aliphatic carbocycles. The quantitative estimate of drug-likeness (QED) is 0.804. The third kappa shape index (κ3) is 2.67. The van der Waals surface area contributed by atoms with E-state index in [-0.39, 0.29) is 11.4 Å². The van der Waals surface area contributed by atoms with Gasteiger partial charge in [0.2, 0.25) is 5.91 Å². The van der Waals surface area contributed by atoms with E-state index in [0.29, 0.717) is 6.42 Å². The minimum Gasteiger partial charge on any atom is -0.311 e. The fraction of sp³-hybridized carbons (Fsp3) is 0.500. The number of hydrogen-bond donors (Lipinski definition) is 1. The highest BCUT2D eigenvalue weighted by Gasteiger charge is 2.29. The van der Waals surface area contributed by atoms with Crippen molar-refractivity contribution in [3.63, 3.8) is 0 Å². The van der Waals surface area contributed by atoms with E-state index < -0.39 is 0 Å². The predicted molar refractivity (Wildman–Crippen MR) is 70.2 cm³/mol. The first-order valence-corrected chi connectivity index (χ1v) is 6.11. The van der Waals surface area contributed by atoms with Gasteiger partial charge in [0, 0.05) is 30.7 Å². The lowest BCUT2D eigenvalue weighted by Crippen LogP contribution is -2.39. The van der Waals surface area contributed by atoms with Gasteiger partial charge in [-0.15, -0.1) is 0 Å². The normalized spacial score (nSPS) is 20.2. The van der Waals surface area contributed by atoms with Gasteiger partial charge < -0.3 is 10.2 Å². The molecule has 0 unspecified atom stereocenters. The molecule has 1 aliphatic rings. The number of benzene rings is 1. The molecule has 92 valence electrons. The SMILES string of the molecule is Cc1ccccc1N1CCNC(C)(C)CC1=O. The number of nitrogens with one attached hydrogen (secondary N) is 1. The molecule has 0 bridgehead atoms. The van der Waals surface area contributed by atoms with Gasteiger partial charge in [0.25, 0.3) is 0 Å². The zero-order valence-corrected chi connectivity index (χ0v) is 10.8. The van der Waals surface area contributed by atoms with Gasteiger partial charge in [0.15, 0.2) is 0 Å². The van der Waals surface area contributed by atoms with Crippen molar-refractivity contribution in [2.24, 2.45) is 0 Å². The molecular formula is C14H20N2O. The highest BCUT2D eigenvalue weighted by atomic mass is 16.2. The van der Waals surface area contributed by atoms with E-state index in [1.807, 2.05) is 36.1 Å². The van der Waals surface area contributed by atoms with Crippen molar-refractivity contribution >= 4 is 11.6 Å². The lowest BCUT2D eigenvalue weighted by Gasteiger charge is -2.24. The third-order valence-electron chi connectivity index (χ3n) is 3.24. The zero-order valence-electron chi connectivity index (χ0n) is 10.8. The molecule has 1 aliphatic heterocycles. The van der Waals surface area contributed by atoms with Gasteiger partial charge in [-0.3, -0.25) is 4.79 Å². The van der Waals surface area contributed by atoms with Crippen LogP contribution in [0.3, 0.4) is 0 Å². The molecule has 0 spiro atoms.